The monoisotopic (exact) mass is 438 g/mol. The van der Waals surface area contributed by atoms with Crippen LogP contribution in [0.2, 0.25) is 0 Å². The molecule has 0 spiro atoms. The SMILES string of the molecule is CCCC(CC(=O)N[C@H](C)CC(=O)O)NC(=O)OCC1c2ccccc2-c2ccccc21. The topological polar surface area (TPSA) is 105 Å². The lowest BCUT2D eigenvalue weighted by molar-refractivity contribution is -0.137. The first-order valence-electron chi connectivity index (χ1n) is 11.0. The Morgan fingerprint density at radius 1 is 0.969 bits per heavy atom. The summed E-state index contributed by atoms with van der Waals surface area (Å²) in [5.41, 5.74) is 4.60. The maximum absolute atomic E-state index is 12.5. The summed E-state index contributed by atoms with van der Waals surface area (Å²) in [6.45, 7) is 3.82. The smallest absolute Gasteiger partial charge is 0.407 e. The first kappa shape index (κ1) is 23.3. The van der Waals surface area contributed by atoms with E-state index in [9.17, 15) is 14.4 Å². The highest BCUT2D eigenvalue weighted by molar-refractivity contribution is 5.80. The number of aliphatic carboxylic acids is 1. The van der Waals surface area contributed by atoms with Crippen LogP contribution in [0.5, 0.6) is 0 Å². The van der Waals surface area contributed by atoms with Crippen molar-refractivity contribution >= 4 is 18.0 Å². The molecule has 170 valence electrons. The molecule has 0 fully saturated rings. The number of ether oxygens (including phenoxy) is 1. The molecule has 1 aliphatic carbocycles. The van der Waals surface area contributed by atoms with Gasteiger partial charge < -0.3 is 20.5 Å². The molecule has 3 N–H and O–H groups in total. The molecule has 1 unspecified atom stereocenters. The predicted octanol–water partition coefficient (Wildman–Crippen LogP) is 4.06. The van der Waals surface area contributed by atoms with Crippen molar-refractivity contribution in [3.63, 3.8) is 0 Å². The molecular weight excluding hydrogens is 408 g/mol. The summed E-state index contributed by atoms with van der Waals surface area (Å²) in [7, 11) is 0. The number of hydrogen-bond acceptors (Lipinski definition) is 4. The summed E-state index contributed by atoms with van der Waals surface area (Å²) in [4.78, 5) is 35.5. The van der Waals surface area contributed by atoms with E-state index in [4.69, 9.17) is 9.84 Å². The second-order valence-electron chi connectivity index (χ2n) is 8.23. The Hall–Kier alpha value is -3.35. The van der Waals surface area contributed by atoms with Crippen molar-refractivity contribution in [1.29, 1.82) is 0 Å². The van der Waals surface area contributed by atoms with E-state index in [0.29, 0.717) is 6.42 Å². The van der Waals surface area contributed by atoms with Crippen molar-refractivity contribution in [2.75, 3.05) is 6.61 Å². The minimum absolute atomic E-state index is 0.0297. The van der Waals surface area contributed by atoms with E-state index in [1.165, 1.54) is 0 Å². The van der Waals surface area contributed by atoms with E-state index in [1.807, 2.05) is 31.2 Å². The molecule has 0 heterocycles. The molecule has 3 rings (SSSR count). The van der Waals surface area contributed by atoms with E-state index in [0.717, 1.165) is 28.7 Å². The van der Waals surface area contributed by atoms with Crippen LogP contribution in [-0.4, -0.2) is 41.8 Å². The molecule has 0 aliphatic heterocycles. The fourth-order valence-corrected chi connectivity index (χ4v) is 4.25. The molecule has 0 saturated carbocycles. The van der Waals surface area contributed by atoms with E-state index in [1.54, 1.807) is 6.92 Å². The zero-order chi connectivity index (χ0) is 23.1. The Kier molecular flexibility index (Phi) is 7.87. The van der Waals surface area contributed by atoms with Gasteiger partial charge in [0.15, 0.2) is 0 Å². The minimum Gasteiger partial charge on any atom is -0.481 e. The fourth-order valence-electron chi connectivity index (χ4n) is 4.25. The largest absolute Gasteiger partial charge is 0.481 e. The highest BCUT2D eigenvalue weighted by Gasteiger charge is 2.29. The standard InChI is InChI=1S/C25H30N2O5/c1-3-8-17(14-23(28)26-16(2)13-24(29)30)27-25(31)32-15-22-20-11-6-4-9-18(20)19-10-5-7-12-21(19)22/h4-7,9-12,16-17,22H,3,8,13-15H2,1-2H3,(H,26,28)(H,27,31)(H,29,30)/t16-,17?/m1/s1. The molecule has 7 heteroatoms. The Bertz CT molecular complexity index is 929. The molecule has 2 atom stereocenters. The van der Waals surface area contributed by atoms with Crippen LogP contribution in [0.15, 0.2) is 48.5 Å². The molecule has 32 heavy (non-hydrogen) atoms. The maximum Gasteiger partial charge on any atom is 0.407 e. The predicted molar refractivity (Wildman–Crippen MR) is 121 cm³/mol. The van der Waals surface area contributed by atoms with Crippen LogP contribution in [0, 0.1) is 0 Å². The zero-order valence-electron chi connectivity index (χ0n) is 18.5. The number of rotatable bonds is 10. The van der Waals surface area contributed by atoms with Crippen molar-refractivity contribution < 1.29 is 24.2 Å². The van der Waals surface area contributed by atoms with Gasteiger partial charge in [0.25, 0.3) is 0 Å². The second kappa shape index (κ2) is 10.8. The Morgan fingerprint density at radius 2 is 1.56 bits per heavy atom. The number of alkyl carbamates (subject to hydrolysis) is 1. The van der Waals surface area contributed by atoms with Gasteiger partial charge in [-0.15, -0.1) is 0 Å². The van der Waals surface area contributed by atoms with Crippen LogP contribution < -0.4 is 10.6 Å². The van der Waals surface area contributed by atoms with Crippen molar-refractivity contribution in [3.8, 4) is 11.1 Å². The van der Waals surface area contributed by atoms with Gasteiger partial charge in [-0.1, -0.05) is 61.9 Å². The number of carbonyl (C=O) groups is 3. The first-order chi connectivity index (χ1) is 15.4. The van der Waals surface area contributed by atoms with Gasteiger partial charge in [-0.05, 0) is 35.6 Å². The molecule has 2 aromatic carbocycles. The molecule has 0 radical (unpaired) electrons. The molecule has 1 aliphatic rings. The normalized spacial score (nSPS) is 14.1. The van der Waals surface area contributed by atoms with Gasteiger partial charge in [0.2, 0.25) is 5.91 Å². The summed E-state index contributed by atoms with van der Waals surface area (Å²) in [6.07, 6.45) is 0.764. The number of carboxylic acid groups (broad SMARTS) is 1. The van der Waals surface area contributed by atoms with Gasteiger partial charge in [0.1, 0.15) is 6.61 Å². The lowest BCUT2D eigenvalue weighted by Crippen LogP contribution is -2.42. The van der Waals surface area contributed by atoms with Crippen LogP contribution in [0.3, 0.4) is 0 Å². The number of carbonyl (C=O) groups excluding carboxylic acids is 2. The van der Waals surface area contributed by atoms with E-state index in [-0.39, 0.29) is 37.3 Å². The quantitative estimate of drug-likeness (QED) is 0.519. The Morgan fingerprint density at radius 3 is 2.12 bits per heavy atom. The summed E-state index contributed by atoms with van der Waals surface area (Å²) >= 11 is 0. The van der Waals surface area contributed by atoms with Crippen LogP contribution >= 0.6 is 0 Å². The van der Waals surface area contributed by atoms with Gasteiger partial charge in [-0.25, -0.2) is 4.79 Å². The highest BCUT2D eigenvalue weighted by Crippen LogP contribution is 2.44. The molecular formula is C25H30N2O5. The Labute approximate surface area is 188 Å². The third kappa shape index (κ3) is 5.87. The lowest BCUT2D eigenvalue weighted by Gasteiger charge is -2.20. The molecule has 0 saturated heterocycles. The van der Waals surface area contributed by atoms with Crippen molar-refractivity contribution in [2.45, 2.75) is 57.5 Å². The molecule has 2 amide bonds. The molecule has 0 bridgehead atoms. The van der Waals surface area contributed by atoms with Crippen LogP contribution in [-0.2, 0) is 14.3 Å². The average Bonchev–Trinajstić information content (AvgIpc) is 3.05. The maximum atomic E-state index is 12.5. The summed E-state index contributed by atoms with van der Waals surface area (Å²) < 4.78 is 5.57. The number of hydrogen-bond donors (Lipinski definition) is 3. The van der Waals surface area contributed by atoms with Crippen LogP contribution in [0.4, 0.5) is 4.79 Å². The van der Waals surface area contributed by atoms with Crippen LogP contribution in [0.1, 0.15) is 56.6 Å². The Balaban J connectivity index is 1.57. The molecule has 2 aromatic rings. The minimum atomic E-state index is -0.973. The summed E-state index contributed by atoms with van der Waals surface area (Å²) in [5, 5.41) is 14.3. The van der Waals surface area contributed by atoms with Gasteiger partial charge >= 0.3 is 12.1 Å². The van der Waals surface area contributed by atoms with Gasteiger partial charge in [-0.3, -0.25) is 9.59 Å². The van der Waals surface area contributed by atoms with Gasteiger partial charge in [-0.2, -0.15) is 0 Å². The molecule has 0 aromatic heterocycles. The summed E-state index contributed by atoms with van der Waals surface area (Å²) in [5.74, 6) is -1.30. The van der Waals surface area contributed by atoms with E-state index >= 15 is 0 Å². The summed E-state index contributed by atoms with van der Waals surface area (Å²) in [6, 6.07) is 15.4. The number of benzene rings is 2. The number of nitrogens with one attached hydrogen (secondary N) is 2. The highest BCUT2D eigenvalue weighted by atomic mass is 16.5. The molecule has 7 nitrogen and oxygen atoms in total. The van der Waals surface area contributed by atoms with Crippen molar-refractivity contribution in [2.24, 2.45) is 0 Å². The fraction of sp³-hybridized carbons (Fsp3) is 0.400. The first-order valence-corrected chi connectivity index (χ1v) is 11.0. The van der Waals surface area contributed by atoms with Gasteiger partial charge in [0.05, 0.1) is 6.42 Å². The number of amides is 2. The van der Waals surface area contributed by atoms with Crippen molar-refractivity contribution in [3.05, 3.63) is 59.7 Å². The van der Waals surface area contributed by atoms with E-state index < -0.39 is 18.1 Å². The number of carboxylic acids is 1. The second-order valence-corrected chi connectivity index (χ2v) is 8.23. The van der Waals surface area contributed by atoms with Crippen LogP contribution in [0.25, 0.3) is 11.1 Å². The third-order valence-corrected chi connectivity index (χ3v) is 5.62. The third-order valence-electron chi connectivity index (χ3n) is 5.62. The average molecular weight is 439 g/mol. The number of fused-ring (bicyclic) bond motifs is 3. The van der Waals surface area contributed by atoms with Crippen molar-refractivity contribution in [1.82, 2.24) is 10.6 Å². The lowest BCUT2D eigenvalue weighted by atomic mass is 9.98. The zero-order valence-corrected chi connectivity index (χ0v) is 18.5. The van der Waals surface area contributed by atoms with Gasteiger partial charge in [0, 0.05) is 24.4 Å². The van der Waals surface area contributed by atoms with E-state index in [2.05, 4.69) is 34.9 Å².